The zero-order chi connectivity index (χ0) is 15.0. The van der Waals surface area contributed by atoms with Gasteiger partial charge >= 0.3 is 5.97 Å². The van der Waals surface area contributed by atoms with Crippen molar-refractivity contribution in [2.45, 2.75) is 45.6 Å². The van der Waals surface area contributed by atoms with Gasteiger partial charge < -0.3 is 4.74 Å². The number of benzene rings is 1. The molecule has 108 valence electrons. The van der Waals surface area contributed by atoms with E-state index >= 15 is 0 Å². The molecule has 0 aromatic heterocycles. The van der Waals surface area contributed by atoms with E-state index in [9.17, 15) is 4.79 Å². The number of rotatable bonds is 6. The third-order valence-electron chi connectivity index (χ3n) is 2.55. The molecule has 0 aliphatic heterocycles. The van der Waals surface area contributed by atoms with Gasteiger partial charge in [-0.25, -0.2) is 4.79 Å². The number of carbonyl (C=O) groups excluding carboxylic acids is 1. The standard InChI is InChI=1S/C17H23NO2/c1-17(2,3)20-16(19)15(18)13-9-5-8-12-14-10-6-4-7-11-14/h4,6-8,10-12,18H,5,9,13H2,1-3H3. The highest BCUT2D eigenvalue weighted by atomic mass is 16.6. The summed E-state index contributed by atoms with van der Waals surface area (Å²) in [5.41, 5.74) is 0.680. The van der Waals surface area contributed by atoms with Crippen LogP contribution >= 0.6 is 0 Å². The van der Waals surface area contributed by atoms with Crippen LogP contribution in [0.15, 0.2) is 36.4 Å². The van der Waals surface area contributed by atoms with E-state index in [1.54, 1.807) is 20.8 Å². The average molecular weight is 273 g/mol. The highest BCUT2D eigenvalue weighted by Crippen LogP contribution is 2.09. The van der Waals surface area contributed by atoms with Crippen molar-refractivity contribution in [2.75, 3.05) is 0 Å². The van der Waals surface area contributed by atoms with Gasteiger partial charge in [0.25, 0.3) is 0 Å². The minimum atomic E-state index is -0.531. The number of ether oxygens (including phenoxy) is 1. The fourth-order valence-corrected chi connectivity index (χ4v) is 1.62. The van der Waals surface area contributed by atoms with Crippen LogP contribution in [0.5, 0.6) is 0 Å². The van der Waals surface area contributed by atoms with Crippen molar-refractivity contribution >= 4 is 17.8 Å². The SMILES string of the molecule is CC(C)(C)OC(=O)C(=N)CCCC=Cc1ccccc1. The van der Waals surface area contributed by atoms with E-state index in [4.69, 9.17) is 10.1 Å². The fourth-order valence-electron chi connectivity index (χ4n) is 1.62. The Bertz CT molecular complexity index is 470. The second-order valence-electron chi connectivity index (χ2n) is 5.69. The van der Waals surface area contributed by atoms with Crippen LogP contribution in [-0.4, -0.2) is 17.3 Å². The van der Waals surface area contributed by atoms with Crippen LogP contribution in [-0.2, 0) is 9.53 Å². The Kier molecular flexibility index (Phi) is 6.16. The number of carbonyl (C=O) groups is 1. The molecule has 0 aliphatic rings. The molecule has 0 fully saturated rings. The van der Waals surface area contributed by atoms with Gasteiger partial charge in [0.05, 0.1) is 0 Å². The van der Waals surface area contributed by atoms with Crippen molar-refractivity contribution in [1.82, 2.24) is 0 Å². The Balaban J connectivity index is 2.26. The Morgan fingerprint density at radius 1 is 1.25 bits per heavy atom. The van der Waals surface area contributed by atoms with Crippen LogP contribution in [0.2, 0.25) is 0 Å². The van der Waals surface area contributed by atoms with Gasteiger partial charge in [-0.1, -0.05) is 42.5 Å². The van der Waals surface area contributed by atoms with E-state index in [1.165, 1.54) is 0 Å². The third kappa shape index (κ3) is 6.88. The van der Waals surface area contributed by atoms with Crippen molar-refractivity contribution in [2.24, 2.45) is 0 Å². The Morgan fingerprint density at radius 3 is 2.50 bits per heavy atom. The van der Waals surface area contributed by atoms with Crippen LogP contribution in [0.3, 0.4) is 0 Å². The third-order valence-corrected chi connectivity index (χ3v) is 2.55. The van der Waals surface area contributed by atoms with E-state index in [2.05, 4.69) is 12.2 Å². The predicted octanol–water partition coefficient (Wildman–Crippen LogP) is 4.23. The quantitative estimate of drug-likeness (QED) is 0.479. The lowest BCUT2D eigenvalue weighted by Gasteiger charge is -2.19. The molecule has 20 heavy (non-hydrogen) atoms. The minimum absolute atomic E-state index is 0.0491. The zero-order valence-corrected chi connectivity index (χ0v) is 12.5. The van der Waals surface area contributed by atoms with Gasteiger partial charge in [-0.05, 0) is 45.6 Å². The van der Waals surface area contributed by atoms with E-state index in [0.717, 1.165) is 18.4 Å². The number of allylic oxidation sites excluding steroid dienone is 1. The molecule has 0 amide bonds. The lowest BCUT2D eigenvalue weighted by atomic mass is 10.1. The van der Waals surface area contributed by atoms with Gasteiger partial charge in [0.1, 0.15) is 11.3 Å². The van der Waals surface area contributed by atoms with Crippen LogP contribution in [0.4, 0.5) is 0 Å². The fraction of sp³-hybridized carbons (Fsp3) is 0.412. The Labute approximate surface area is 121 Å². The number of nitrogens with one attached hydrogen (secondary N) is 1. The summed E-state index contributed by atoms with van der Waals surface area (Å²) in [5, 5.41) is 7.68. The van der Waals surface area contributed by atoms with Crippen molar-refractivity contribution in [1.29, 1.82) is 5.41 Å². The summed E-state index contributed by atoms with van der Waals surface area (Å²) in [6.45, 7) is 5.42. The second-order valence-corrected chi connectivity index (χ2v) is 5.69. The molecule has 0 radical (unpaired) electrons. The summed E-state index contributed by atoms with van der Waals surface area (Å²) in [4.78, 5) is 11.6. The first kappa shape index (κ1) is 16.2. The molecule has 1 aromatic carbocycles. The summed E-state index contributed by atoms with van der Waals surface area (Å²) in [7, 11) is 0. The summed E-state index contributed by atoms with van der Waals surface area (Å²) in [5.74, 6) is -0.510. The number of hydrogen-bond donors (Lipinski definition) is 1. The van der Waals surface area contributed by atoms with Gasteiger partial charge in [0.15, 0.2) is 0 Å². The molecule has 0 saturated carbocycles. The van der Waals surface area contributed by atoms with Crippen LogP contribution in [0.1, 0.15) is 45.6 Å². The molecule has 3 heteroatoms. The first-order valence-electron chi connectivity index (χ1n) is 6.91. The molecule has 0 saturated heterocycles. The molecule has 0 heterocycles. The molecule has 0 spiro atoms. The highest BCUT2D eigenvalue weighted by Gasteiger charge is 2.19. The number of unbranched alkanes of at least 4 members (excludes halogenated alkanes) is 1. The molecule has 1 N–H and O–H groups in total. The normalized spacial score (nSPS) is 11.6. The van der Waals surface area contributed by atoms with Crippen LogP contribution < -0.4 is 0 Å². The summed E-state index contributed by atoms with van der Waals surface area (Å²) >= 11 is 0. The van der Waals surface area contributed by atoms with Crippen molar-refractivity contribution in [3.63, 3.8) is 0 Å². The maximum Gasteiger partial charge on any atom is 0.352 e. The molecular formula is C17H23NO2. The summed E-state index contributed by atoms with van der Waals surface area (Å²) in [6, 6.07) is 10.1. The number of hydrogen-bond acceptors (Lipinski definition) is 3. The summed E-state index contributed by atoms with van der Waals surface area (Å²) < 4.78 is 5.14. The molecule has 3 nitrogen and oxygen atoms in total. The first-order valence-corrected chi connectivity index (χ1v) is 6.91. The highest BCUT2D eigenvalue weighted by molar-refractivity contribution is 6.35. The molecule has 0 atom stereocenters. The largest absolute Gasteiger partial charge is 0.456 e. The van der Waals surface area contributed by atoms with Crippen molar-refractivity contribution < 1.29 is 9.53 Å². The number of esters is 1. The Hall–Kier alpha value is -1.90. The Morgan fingerprint density at radius 2 is 1.90 bits per heavy atom. The van der Waals surface area contributed by atoms with E-state index < -0.39 is 11.6 Å². The molecular weight excluding hydrogens is 250 g/mol. The topological polar surface area (TPSA) is 50.2 Å². The van der Waals surface area contributed by atoms with Gasteiger partial charge in [0.2, 0.25) is 0 Å². The van der Waals surface area contributed by atoms with Crippen LogP contribution in [0.25, 0.3) is 6.08 Å². The first-order chi connectivity index (χ1) is 9.38. The van der Waals surface area contributed by atoms with Crippen LogP contribution in [0, 0.1) is 5.41 Å². The molecule has 0 bridgehead atoms. The predicted molar refractivity (Wildman–Crippen MR) is 82.9 cm³/mol. The monoisotopic (exact) mass is 273 g/mol. The maximum atomic E-state index is 11.6. The molecule has 1 aromatic rings. The van der Waals surface area contributed by atoms with Gasteiger partial charge in [-0.2, -0.15) is 0 Å². The van der Waals surface area contributed by atoms with E-state index in [0.29, 0.717) is 6.42 Å². The second kappa shape index (κ2) is 7.63. The molecule has 1 rings (SSSR count). The van der Waals surface area contributed by atoms with Crippen molar-refractivity contribution in [3.05, 3.63) is 42.0 Å². The van der Waals surface area contributed by atoms with E-state index in [1.807, 2.05) is 30.3 Å². The van der Waals surface area contributed by atoms with Gasteiger partial charge in [-0.3, -0.25) is 5.41 Å². The average Bonchev–Trinajstić information content (AvgIpc) is 2.37. The van der Waals surface area contributed by atoms with Gasteiger partial charge in [0, 0.05) is 0 Å². The summed E-state index contributed by atoms with van der Waals surface area (Å²) in [6.07, 6.45) is 6.20. The smallest absolute Gasteiger partial charge is 0.352 e. The minimum Gasteiger partial charge on any atom is -0.456 e. The molecule has 0 unspecified atom stereocenters. The van der Waals surface area contributed by atoms with Crippen molar-refractivity contribution in [3.8, 4) is 0 Å². The zero-order valence-electron chi connectivity index (χ0n) is 12.5. The lowest BCUT2D eigenvalue weighted by Crippen LogP contribution is -2.28. The lowest BCUT2D eigenvalue weighted by molar-refractivity contribution is -0.146. The van der Waals surface area contributed by atoms with Gasteiger partial charge in [-0.15, -0.1) is 0 Å². The maximum absolute atomic E-state index is 11.6. The van der Waals surface area contributed by atoms with E-state index in [-0.39, 0.29) is 5.71 Å². The molecule has 0 aliphatic carbocycles.